The third kappa shape index (κ3) is 4.43. The number of benzene rings is 1. The standard InChI is InChI=1S/C19H28O7/c1-23-19-16(22)15(21)17-14(25-19)11-24-18(26-17)13-8-6-12(7-9-13)5-3-2-4-10-20/h6-9,14-22H,2-5,10-11H2,1H3. The van der Waals surface area contributed by atoms with Gasteiger partial charge in [0.05, 0.1) is 6.61 Å². The Kier molecular flexibility index (Phi) is 6.99. The van der Waals surface area contributed by atoms with Gasteiger partial charge in [-0.3, -0.25) is 0 Å². The summed E-state index contributed by atoms with van der Waals surface area (Å²) in [5, 5.41) is 29.2. The van der Waals surface area contributed by atoms with Gasteiger partial charge in [0.25, 0.3) is 0 Å². The summed E-state index contributed by atoms with van der Waals surface area (Å²) in [5.74, 6) is 0. The Hall–Kier alpha value is -1.06. The predicted molar refractivity (Wildman–Crippen MR) is 92.3 cm³/mol. The van der Waals surface area contributed by atoms with E-state index in [1.165, 1.54) is 12.7 Å². The van der Waals surface area contributed by atoms with E-state index in [-0.39, 0.29) is 13.2 Å². The summed E-state index contributed by atoms with van der Waals surface area (Å²) >= 11 is 0. The molecule has 1 aromatic carbocycles. The summed E-state index contributed by atoms with van der Waals surface area (Å²) in [4.78, 5) is 0. The van der Waals surface area contributed by atoms with Gasteiger partial charge in [0.1, 0.15) is 24.4 Å². The van der Waals surface area contributed by atoms with Gasteiger partial charge in [0, 0.05) is 19.3 Å². The van der Waals surface area contributed by atoms with Gasteiger partial charge in [0.15, 0.2) is 12.6 Å². The largest absolute Gasteiger partial charge is 0.396 e. The van der Waals surface area contributed by atoms with Gasteiger partial charge in [-0.25, -0.2) is 0 Å². The molecule has 3 rings (SSSR count). The summed E-state index contributed by atoms with van der Waals surface area (Å²) in [7, 11) is 1.42. The number of aliphatic hydroxyl groups is 3. The molecule has 0 amide bonds. The van der Waals surface area contributed by atoms with Gasteiger partial charge in [-0.15, -0.1) is 0 Å². The molecule has 7 nitrogen and oxygen atoms in total. The fourth-order valence-corrected chi connectivity index (χ4v) is 3.40. The number of hydrogen-bond donors (Lipinski definition) is 3. The minimum atomic E-state index is -1.17. The minimum Gasteiger partial charge on any atom is -0.396 e. The maximum atomic E-state index is 10.3. The Morgan fingerprint density at radius 2 is 1.81 bits per heavy atom. The SMILES string of the molecule is COC1OC2COC(c3ccc(CCCCCO)cc3)OC2C(O)C1O. The lowest BCUT2D eigenvalue weighted by Crippen LogP contribution is -2.62. The number of fused-ring (bicyclic) bond motifs is 1. The lowest BCUT2D eigenvalue weighted by atomic mass is 9.97. The molecule has 0 aromatic heterocycles. The zero-order chi connectivity index (χ0) is 18.5. The Morgan fingerprint density at radius 3 is 2.50 bits per heavy atom. The van der Waals surface area contributed by atoms with Crippen LogP contribution in [0.5, 0.6) is 0 Å². The topological polar surface area (TPSA) is 97.6 Å². The molecule has 0 aliphatic carbocycles. The number of unbranched alkanes of at least 4 members (excludes halogenated alkanes) is 2. The first-order chi connectivity index (χ1) is 12.6. The molecule has 6 unspecified atom stereocenters. The van der Waals surface area contributed by atoms with Crippen LogP contribution in [0.3, 0.4) is 0 Å². The van der Waals surface area contributed by atoms with E-state index < -0.39 is 37.0 Å². The predicted octanol–water partition coefficient (Wildman–Crippen LogP) is 0.899. The summed E-state index contributed by atoms with van der Waals surface area (Å²) in [5.41, 5.74) is 2.08. The van der Waals surface area contributed by atoms with Crippen LogP contribution < -0.4 is 0 Å². The Morgan fingerprint density at radius 1 is 1.04 bits per heavy atom. The average Bonchev–Trinajstić information content (AvgIpc) is 2.68. The van der Waals surface area contributed by atoms with Crippen LogP contribution in [0.4, 0.5) is 0 Å². The van der Waals surface area contributed by atoms with Crippen LogP contribution in [0, 0.1) is 0 Å². The van der Waals surface area contributed by atoms with Crippen LogP contribution in [0.2, 0.25) is 0 Å². The van der Waals surface area contributed by atoms with Gasteiger partial charge in [-0.2, -0.15) is 0 Å². The van der Waals surface area contributed by atoms with Crippen LogP contribution in [-0.4, -0.2) is 66.3 Å². The quantitative estimate of drug-likeness (QED) is 0.615. The number of methoxy groups -OCH3 is 1. The number of aliphatic hydroxyl groups excluding tert-OH is 3. The summed E-state index contributed by atoms with van der Waals surface area (Å²) in [6.07, 6.45) is -1.06. The Labute approximate surface area is 153 Å². The van der Waals surface area contributed by atoms with Gasteiger partial charge < -0.3 is 34.3 Å². The summed E-state index contributed by atoms with van der Waals surface area (Å²) in [6, 6.07) is 7.99. The second-order valence-electron chi connectivity index (χ2n) is 6.80. The van der Waals surface area contributed by atoms with Crippen LogP contribution >= 0.6 is 0 Å². The Bertz CT molecular complexity index is 547. The van der Waals surface area contributed by atoms with E-state index in [9.17, 15) is 10.2 Å². The molecule has 26 heavy (non-hydrogen) atoms. The monoisotopic (exact) mass is 368 g/mol. The molecule has 146 valence electrons. The molecule has 1 aromatic rings. The van der Waals surface area contributed by atoms with Crippen LogP contribution in [0.25, 0.3) is 0 Å². The molecule has 0 radical (unpaired) electrons. The third-order valence-corrected chi connectivity index (χ3v) is 4.94. The highest BCUT2D eigenvalue weighted by atomic mass is 16.7. The zero-order valence-electron chi connectivity index (χ0n) is 15.0. The molecule has 3 N–H and O–H groups in total. The van der Waals surface area contributed by atoms with Crippen molar-refractivity contribution in [1.29, 1.82) is 0 Å². The van der Waals surface area contributed by atoms with E-state index in [1.54, 1.807) is 0 Å². The molecule has 2 heterocycles. The van der Waals surface area contributed by atoms with Crippen molar-refractivity contribution in [2.75, 3.05) is 20.3 Å². The molecule has 0 spiro atoms. The highest BCUT2D eigenvalue weighted by Crippen LogP contribution is 2.34. The van der Waals surface area contributed by atoms with E-state index in [2.05, 4.69) is 0 Å². The minimum absolute atomic E-state index is 0.243. The first-order valence-corrected chi connectivity index (χ1v) is 9.15. The number of rotatable bonds is 7. The highest BCUT2D eigenvalue weighted by molar-refractivity contribution is 5.24. The number of hydrogen-bond acceptors (Lipinski definition) is 7. The van der Waals surface area contributed by atoms with Crippen molar-refractivity contribution in [3.8, 4) is 0 Å². The fourth-order valence-electron chi connectivity index (χ4n) is 3.40. The molecule has 7 heteroatoms. The maximum Gasteiger partial charge on any atom is 0.186 e. The van der Waals surface area contributed by atoms with Crippen molar-refractivity contribution in [2.24, 2.45) is 0 Å². The number of aryl methyl sites for hydroxylation is 1. The van der Waals surface area contributed by atoms with Crippen molar-refractivity contribution in [2.45, 2.75) is 62.7 Å². The molecule has 0 bridgehead atoms. The van der Waals surface area contributed by atoms with Gasteiger partial charge >= 0.3 is 0 Å². The van der Waals surface area contributed by atoms with Crippen molar-refractivity contribution in [3.63, 3.8) is 0 Å². The molecule has 0 saturated carbocycles. The smallest absolute Gasteiger partial charge is 0.186 e. The van der Waals surface area contributed by atoms with Crippen molar-refractivity contribution < 1.29 is 34.3 Å². The van der Waals surface area contributed by atoms with Crippen molar-refractivity contribution in [3.05, 3.63) is 35.4 Å². The van der Waals surface area contributed by atoms with Gasteiger partial charge in [-0.05, 0) is 24.8 Å². The second kappa shape index (κ2) is 9.23. The van der Waals surface area contributed by atoms with E-state index in [4.69, 9.17) is 24.1 Å². The summed E-state index contributed by atoms with van der Waals surface area (Å²) in [6.45, 7) is 0.495. The highest BCUT2D eigenvalue weighted by Gasteiger charge is 2.48. The first kappa shape index (κ1) is 19.7. The number of ether oxygens (including phenoxy) is 4. The first-order valence-electron chi connectivity index (χ1n) is 9.15. The van der Waals surface area contributed by atoms with Crippen molar-refractivity contribution in [1.82, 2.24) is 0 Å². The zero-order valence-corrected chi connectivity index (χ0v) is 15.0. The molecule has 2 aliphatic rings. The lowest BCUT2D eigenvalue weighted by Gasteiger charge is -2.45. The molecular formula is C19H28O7. The van der Waals surface area contributed by atoms with Gasteiger partial charge in [-0.1, -0.05) is 30.7 Å². The molecule has 6 atom stereocenters. The lowest BCUT2D eigenvalue weighted by molar-refractivity contribution is -0.358. The Balaban J connectivity index is 1.58. The van der Waals surface area contributed by atoms with Crippen molar-refractivity contribution >= 4 is 0 Å². The van der Waals surface area contributed by atoms with E-state index in [1.807, 2.05) is 24.3 Å². The normalized spacial score (nSPS) is 34.5. The average molecular weight is 368 g/mol. The molecular weight excluding hydrogens is 340 g/mol. The fraction of sp³-hybridized carbons (Fsp3) is 0.684. The van der Waals surface area contributed by atoms with Gasteiger partial charge in [0.2, 0.25) is 0 Å². The van der Waals surface area contributed by atoms with E-state index in [0.29, 0.717) is 0 Å². The molecule has 2 fully saturated rings. The molecule has 2 aliphatic heterocycles. The second-order valence-corrected chi connectivity index (χ2v) is 6.80. The van der Waals surface area contributed by atoms with E-state index >= 15 is 0 Å². The van der Waals surface area contributed by atoms with Crippen LogP contribution in [0.1, 0.15) is 36.7 Å². The van der Waals surface area contributed by atoms with Crippen LogP contribution in [0.15, 0.2) is 24.3 Å². The maximum absolute atomic E-state index is 10.3. The summed E-state index contributed by atoms with van der Waals surface area (Å²) < 4.78 is 22.2. The van der Waals surface area contributed by atoms with Crippen LogP contribution in [-0.2, 0) is 25.4 Å². The third-order valence-electron chi connectivity index (χ3n) is 4.94. The molecule has 2 saturated heterocycles. The van der Waals surface area contributed by atoms with E-state index in [0.717, 1.165) is 31.2 Å².